The van der Waals surface area contributed by atoms with Gasteiger partial charge in [0.15, 0.2) is 0 Å². The third-order valence-corrected chi connectivity index (χ3v) is 6.99. The normalized spacial score (nSPS) is 17.2. The Kier molecular flexibility index (Phi) is 7.95. The lowest BCUT2D eigenvalue weighted by Gasteiger charge is -2.21. The SMILES string of the molecule is COC(=O)c1c(OCCN2CCCC2=O)cc(=O)n2c1CCN(CC[C@H](C)c1ccc(C)o1)CC2. The summed E-state index contributed by atoms with van der Waals surface area (Å²) in [7, 11) is 1.33. The number of pyridine rings is 1. The number of hydrogen-bond acceptors (Lipinski definition) is 7. The molecular formula is C26H35N3O6. The topological polar surface area (TPSA) is 94.2 Å². The van der Waals surface area contributed by atoms with Gasteiger partial charge < -0.3 is 28.3 Å². The van der Waals surface area contributed by atoms with Gasteiger partial charge in [-0.15, -0.1) is 0 Å². The molecule has 0 N–H and O–H groups in total. The molecule has 2 aliphatic rings. The molecule has 1 fully saturated rings. The van der Waals surface area contributed by atoms with Gasteiger partial charge in [0.2, 0.25) is 5.91 Å². The number of ether oxygens (including phenoxy) is 2. The fourth-order valence-corrected chi connectivity index (χ4v) is 4.90. The fraction of sp³-hybridized carbons (Fsp3) is 0.577. The average Bonchev–Trinajstić information content (AvgIpc) is 3.39. The highest BCUT2D eigenvalue weighted by atomic mass is 16.5. The maximum Gasteiger partial charge on any atom is 0.343 e. The lowest BCUT2D eigenvalue weighted by molar-refractivity contribution is -0.128. The lowest BCUT2D eigenvalue weighted by Crippen LogP contribution is -2.31. The zero-order valence-electron chi connectivity index (χ0n) is 20.9. The van der Waals surface area contributed by atoms with Crippen LogP contribution in [0.5, 0.6) is 5.75 Å². The highest BCUT2D eigenvalue weighted by Gasteiger charge is 2.27. The Hall–Kier alpha value is -3.07. The van der Waals surface area contributed by atoms with Crippen LogP contribution in [0.15, 0.2) is 27.4 Å². The second-order valence-electron chi connectivity index (χ2n) is 9.37. The number of carbonyl (C=O) groups excluding carboxylic acids is 2. The number of hydrogen-bond donors (Lipinski definition) is 0. The first-order chi connectivity index (χ1) is 16.9. The summed E-state index contributed by atoms with van der Waals surface area (Å²) in [4.78, 5) is 41.6. The molecule has 1 atom stereocenters. The molecule has 2 aliphatic heterocycles. The van der Waals surface area contributed by atoms with Crippen LogP contribution < -0.4 is 10.3 Å². The van der Waals surface area contributed by atoms with E-state index < -0.39 is 5.97 Å². The lowest BCUT2D eigenvalue weighted by atomic mass is 10.0. The second-order valence-corrected chi connectivity index (χ2v) is 9.37. The fourth-order valence-electron chi connectivity index (χ4n) is 4.90. The van der Waals surface area contributed by atoms with Gasteiger partial charge >= 0.3 is 5.97 Å². The van der Waals surface area contributed by atoms with E-state index in [-0.39, 0.29) is 23.8 Å². The molecule has 4 rings (SSSR count). The maximum absolute atomic E-state index is 13.0. The zero-order valence-corrected chi connectivity index (χ0v) is 20.9. The van der Waals surface area contributed by atoms with Crippen molar-refractivity contribution in [3.05, 3.63) is 51.3 Å². The molecule has 0 aliphatic carbocycles. The maximum atomic E-state index is 13.0. The van der Waals surface area contributed by atoms with E-state index in [1.54, 1.807) is 9.47 Å². The number of nitrogens with zero attached hydrogens (tertiary/aromatic N) is 3. The van der Waals surface area contributed by atoms with Crippen LogP contribution in [-0.2, 0) is 22.5 Å². The van der Waals surface area contributed by atoms with Crippen LogP contribution in [0.1, 0.15) is 59.7 Å². The highest BCUT2D eigenvalue weighted by molar-refractivity contribution is 5.93. The van der Waals surface area contributed by atoms with Gasteiger partial charge in [0, 0.05) is 56.7 Å². The van der Waals surface area contributed by atoms with Crippen LogP contribution in [0.3, 0.4) is 0 Å². The van der Waals surface area contributed by atoms with Crippen LogP contribution in [-0.4, -0.2) is 72.7 Å². The van der Waals surface area contributed by atoms with Gasteiger partial charge in [0.05, 0.1) is 13.7 Å². The van der Waals surface area contributed by atoms with Crippen LogP contribution in [0.2, 0.25) is 0 Å². The minimum absolute atomic E-state index is 0.111. The zero-order chi connectivity index (χ0) is 24.9. The van der Waals surface area contributed by atoms with Crippen molar-refractivity contribution in [2.75, 3.05) is 46.4 Å². The van der Waals surface area contributed by atoms with Crippen LogP contribution in [0.4, 0.5) is 0 Å². The Morgan fingerprint density at radius 2 is 1.94 bits per heavy atom. The van der Waals surface area contributed by atoms with Crippen LogP contribution in [0.25, 0.3) is 0 Å². The molecule has 9 heteroatoms. The van der Waals surface area contributed by atoms with Gasteiger partial charge in [-0.05, 0) is 38.4 Å². The smallest absolute Gasteiger partial charge is 0.343 e. The molecule has 9 nitrogen and oxygen atoms in total. The number of fused-ring (bicyclic) bond motifs is 1. The number of furan rings is 1. The summed E-state index contributed by atoms with van der Waals surface area (Å²) in [5, 5.41) is 0. The molecule has 0 bridgehead atoms. The monoisotopic (exact) mass is 485 g/mol. The number of esters is 1. The Labute approximate surface area is 205 Å². The molecule has 0 saturated carbocycles. The first-order valence-corrected chi connectivity index (χ1v) is 12.4. The predicted octanol–water partition coefficient (Wildman–Crippen LogP) is 2.59. The quantitative estimate of drug-likeness (QED) is 0.504. The molecule has 190 valence electrons. The van der Waals surface area contributed by atoms with Gasteiger partial charge in [-0.25, -0.2) is 4.79 Å². The van der Waals surface area contributed by atoms with E-state index in [4.69, 9.17) is 13.9 Å². The first-order valence-electron chi connectivity index (χ1n) is 12.4. The van der Waals surface area contributed by atoms with Gasteiger partial charge in [-0.1, -0.05) is 6.92 Å². The number of methoxy groups -OCH3 is 1. The largest absolute Gasteiger partial charge is 0.491 e. The van der Waals surface area contributed by atoms with Crippen molar-refractivity contribution in [3.8, 4) is 5.75 Å². The van der Waals surface area contributed by atoms with Gasteiger partial charge in [0.25, 0.3) is 5.56 Å². The average molecular weight is 486 g/mol. The molecule has 35 heavy (non-hydrogen) atoms. The summed E-state index contributed by atoms with van der Waals surface area (Å²) in [6, 6.07) is 5.39. The van der Waals surface area contributed by atoms with Crippen molar-refractivity contribution >= 4 is 11.9 Å². The van der Waals surface area contributed by atoms with E-state index in [2.05, 4.69) is 11.8 Å². The van der Waals surface area contributed by atoms with Gasteiger partial charge in [0.1, 0.15) is 29.4 Å². The van der Waals surface area contributed by atoms with Crippen molar-refractivity contribution in [2.24, 2.45) is 0 Å². The van der Waals surface area contributed by atoms with Crippen molar-refractivity contribution in [1.82, 2.24) is 14.4 Å². The molecule has 0 radical (unpaired) electrons. The number of likely N-dealkylation sites (tertiary alicyclic amines) is 1. The summed E-state index contributed by atoms with van der Waals surface area (Å²) in [5.41, 5.74) is 0.760. The summed E-state index contributed by atoms with van der Waals surface area (Å²) in [6.45, 7) is 8.26. The molecule has 0 aromatic carbocycles. The molecule has 1 saturated heterocycles. The molecule has 4 heterocycles. The van der Waals surface area contributed by atoms with Crippen molar-refractivity contribution in [3.63, 3.8) is 0 Å². The molecular weight excluding hydrogens is 450 g/mol. The number of carbonyl (C=O) groups is 2. The van der Waals surface area contributed by atoms with Crippen LogP contribution >= 0.6 is 0 Å². The number of aromatic nitrogens is 1. The summed E-state index contributed by atoms with van der Waals surface area (Å²) >= 11 is 0. The van der Waals surface area contributed by atoms with E-state index in [0.29, 0.717) is 56.2 Å². The van der Waals surface area contributed by atoms with Gasteiger partial charge in [-0.2, -0.15) is 0 Å². The van der Waals surface area contributed by atoms with E-state index in [9.17, 15) is 14.4 Å². The standard InChI is InChI=1S/C26H35N3O6/c1-18(21-7-6-19(2)35-21)8-11-27-12-9-20-25(26(32)33-3)22(17-24(31)29(20)14-13-27)34-16-15-28-10-4-5-23(28)30/h6-7,17-18H,4-5,8-16H2,1-3H3/t18-/m0/s1. The van der Waals surface area contributed by atoms with E-state index in [1.807, 2.05) is 19.1 Å². The summed E-state index contributed by atoms with van der Waals surface area (Å²) < 4.78 is 18.4. The van der Waals surface area contributed by atoms with E-state index in [0.717, 1.165) is 37.5 Å². The Morgan fingerprint density at radius 1 is 1.11 bits per heavy atom. The van der Waals surface area contributed by atoms with Crippen molar-refractivity contribution in [2.45, 2.75) is 52.0 Å². The van der Waals surface area contributed by atoms with Crippen molar-refractivity contribution < 1.29 is 23.5 Å². The molecule has 0 unspecified atom stereocenters. The Bertz CT molecular complexity index is 1120. The second kappa shape index (κ2) is 11.1. The number of amides is 1. The Morgan fingerprint density at radius 3 is 2.63 bits per heavy atom. The predicted molar refractivity (Wildman–Crippen MR) is 130 cm³/mol. The van der Waals surface area contributed by atoms with E-state index >= 15 is 0 Å². The third-order valence-electron chi connectivity index (χ3n) is 6.99. The Balaban J connectivity index is 1.45. The minimum atomic E-state index is -0.517. The molecule has 2 aromatic rings. The van der Waals surface area contributed by atoms with Crippen LogP contribution in [0, 0.1) is 6.92 Å². The first kappa shape index (κ1) is 25.0. The van der Waals surface area contributed by atoms with E-state index in [1.165, 1.54) is 13.2 Å². The minimum Gasteiger partial charge on any atom is -0.491 e. The van der Waals surface area contributed by atoms with Crippen molar-refractivity contribution in [1.29, 1.82) is 0 Å². The number of rotatable bonds is 9. The third kappa shape index (κ3) is 5.78. The molecule has 0 spiro atoms. The molecule has 2 aromatic heterocycles. The number of aryl methyl sites for hydroxylation is 1. The summed E-state index contributed by atoms with van der Waals surface area (Å²) in [6.07, 6.45) is 2.88. The van der Waals surface area contributed by atoms with Gasteiger partial charge in [-0.3, -0.25) is 9.59 Å². The highest BCUT2D eigenvalue weighted by Crippen LogP contribution is 2.25. The summed E-state index contributed by atoms with van der Waals surface area (Å²) in [5.74, 6) is 2.02. The molecule has 1 amide bonds.